The molecule has 18 heavy (non-hydrogen) atoms. The molecular weight excluding hydrogens is 256 g/mol. The topological polar surface area (TPSA) is 111 Å². The maximum Gasteiger partial charge on any atom is 0.134 e. The van der Waals surface area contributed by atoms with E-state index in [-0.39, 0.29) is 12.0 Å². The summed E-state index contributed by atoms with van der Waals surface area (Å²) in [5.41, 5.74) is 7.99. The molecule has 2 heterocycles. The van der Waals surface area contributed by atoms with Crippen LogP contribution in [0.5, 0.6) is 0 Å². The molecule has 0 aromatic carbocycles. The Kier molecular flexibility index (Phi) is 4.47. The zero-order chi connectivity index (χ0) is 13.1. The number of nitrogens with zero attached hydrogens (tertiary/aromatic N) is 4. The van der Waals surface area contributed by atoms with Gasteiger partial charge in [0.2, 0.25) is 0 Å². The number of aliphatic imine (C=N–C) groups is 1. The lowest BCUT2D eigenvalue weighted by atomic mass is 9.98. The number of aliphatic hydroxyl groups is 2. The zero-order valence-corrected chi connectivity index (χ0v) is 10.8. The number of azide groups is 1. The van der Waals surface area contributed by atoms with Crippen LogP contribution in [0.4, 0.5) is 0 Å². The van der Waals surface area contributed by atoms with Crippen LogP contribution >= 0.6 is 11.8 Å². The van der Waals surface area contributed by atoms with E-state index >= 15 is 0 Å². The van der Waals surface area contributed by atoms with E-state index in [1.165, 1.54) is 11.8 Å². The molecule has 5 atom stereocenters. The molecule has 1 fully saturated rings. The summed E-state index contributed by atoms with van der Waals surface area (Å²) >= 11 is 1.48. The Labute approximate surface area is 109 Å². The third-order valence-electron chi connectivity index (χ3n) is 3.00. The summed E-state index contributed by atoms with van der Waals surface area (Å²) in [6.07, 6.45) is -0.871. The summed E-state index contributed by atoms with van der Waals surface area (Å²) in [6.45, 7) is 2.07. The van der Waals surface area contributed by atoms with E-state index < -0.39 is 24.4 Å². The van der Waals surface area contributed by atoms with Crippen LogP contribution in [0.2, 0.25) is 0 Å². The predicted molar refractivity (Wildman–Crippen MR) is 68.4 cm³/mol. The Bertz CT molecular complexity index is 385. The standard InChI is InChI=1S/C10H16N4O3S/c1-2-3-6-13-7-9(16)8(15)5(4-12-14-11)17-10(7)18-6/h5,7-10,15-16H,2-4H2,1H3/t5?,7-,8-,9-,10-/m1/s1. The molecule has 0 saturated carbocycles. The smallest absolute Gasteiger partial charge is 0.134 e. The van der Waals surface area contributed by atoms with Crippen molar-refractivity contribution in [3.8, 4) is 0 Å². The van der Waals surface area contributed by atoms with Gasteiger partial charge in [0, 0.05) is 4.91 Å². The molecule has 2 aliphatic rings. The largest absolute Gasteiger partial charge is 0.388 e. The maximum atomic E-state index is 10.0. The molecule has 7 nitrogen and oxygen atoms in total. The second kappa shape index (κ2) is 5.90. The third kappa shape index (κ3) is 2.62. The summed E-state index contributed by atoms with van der Waals surface area (Å²) < 4.78 is 5.65. The summed E-state index contributed by atoms with van der Waals surface area (Å²) in [5, 5.41) is 24.2. The maximum absolute atomic E-state index is 10.0. The van der Waals surface area contributed by atoms with Crippen LogP contribution in [0.3, 0.4) is 0 Å². The van der Waals surface area contributed by atoms with Gasteiger partial charge in [-0.05, 0) is 12.0 Å². The number of hydrogen-bond donors (Lipinski definition) is 2. The number of ether oxygens (including phenoxy) is 1. The van der Waals surface area contributed by atoms with Crippen LogP contribution in [0.15, 0.2) is 10.1 Å². The van der Waals surface area contributed by atoms with Crippen molar-refractivity contribution in [1.82, 2.24) is 0 Å². The van der Waals surface area contributed by atoms with Gasteiger partial charge in [0.15, 0.2) is 0 Å². The highest BCUT2D eigenvalue weighted by Gasteiger charge is 2.47. The second-order valence-corrected chi connectivity index (χ2v) is 5.49. The Balaban J connectivity index is 2.06. The van der Waals surface area contributed by atoms with Gasteiger partial charge >= 0.3 is 0 Å². The Morgan fingerprint density at radius 2 is 2.28 bits per heavy atom. The normalized spacial score (nSPS) is 38.8. The predicted octanol–water partition coefficient (Wildman–Crippen LogP) is 1.06. The van der Waals surface area contributed by atoms with Gasteiger partial charge in [-0.15, -0.1) is 0 Å². The molecule has 8 heteroatoms. The first-order valence-electron chi connectivity index (χ1n) is 5.93. The minimum absolute atomic E-state index is 0.0155. The average molecular weight is 272 g/mol. The molecule has 0 aromatic rings. The van der Waals surface area contributed by atoms with Gasteiger partial charge in [-0.3, -0.25) is 4.99 Å². The van der Waals surface area contributed by atoms with Gasteiger partial charge < -0.3 is 14.9 Å². The molecule has 0 aliphatic carbocycles. The summed E-state index contributed by atoms with van der Waals surface area (Å²) in [6, 6.07) is -0.422. The SMILES string of the molecule is CCCC1=N[C@@H]2[C@@H](O)[C@H](O)C(CN=[N+]=[N-])O[C@@H]2S1. The highest BCUT2D eigenvalue weighted by Crippen LogP contribution is 2.37. The van der Waals surface area contributed by atoms with E-state index in [1.807, 2.05) is 0 Å². The van der Waals surface area contributed by atoms with Crippen LogP contribution in [0.25, 0.3) is 10.4 Å². The van der Waals surface area contributed by atoms with Crippen LogP contribution < -0.4 is 0 Å². The number of thioether (sulfide) groups is 1. The van der Waals surface area contributed by atoms with Crippen LogP contribution in [-0.2, 0) is 4.74 Å². The van der Waals surface area contributed by atoms with Crippen molar-refractivity contribution in [3.05, 3.63) is 10.4 Å². The highest BCUT2D eigenvalue weighted by molar-refractivity contribution is 8.14. The molecule has 2 N–H and O–H groups in total. The van der Waals surface area contributed by atoms with Gasteiger partial charge in [-0.25, -0.2) is 0 Å². The monoisotopic (exact) mass is 272 g/mol. The van der Waals surface area contributed by atoms with E-state index in [4.69, 9.17) is 10.3 Å². The fourth-order valence-corrected chi connectivity index (χ4v) is 3.42. The summed E-state index contributed by atoms with van der Waals surface area (Å²) in [7, 11) is 0. The van der Waals surface area contributed by atoms with Crippen molar-refractivity contribution in [2.24, 2.45) is 10.1 Å². The van der Waals surface area contributed by atoms with Crippen molar-refractivity contribution in [2.45, 2.75) is 49.6 Å². The van der Waals surface area contributed by atoms with Crippen molar-refractivity contribution < 1.29 is 14.9 Å². The molecule has 2 rings (SSSR count). The molecule has 0 spiro atoms. The van der Waals surface area contributed by atoms with E-state index in [0.717, 1.165) is 17.9 Å². The van der Waals surface area contributed by atoms with Gasteiger partial charge in [0.1, 0.15) is 23.7 Å². The van der Waals surface area contributed by atoms with Gasteiger partial charge in [0.05, 0.1) is 17.7 Å². The molecular formula is C10H16N4O3S. The Morgan fingerprint density at radius 3 is 2.94 bits per heavy atom. The molecule has 100 valence electrons. The number of aliphatic hydroxyl groups excluding tert-OH is 2. The summed E-state index contributed by atoms with van der Waals surface area (Å²) in [4.78, 5) is 7.02. The molecule has 1 saturated heterocycles. The summed E-state index contributed by atoms with van der Waals surface area (Å²) in [5.74, 6) is 0. The van der Waals surface area contributed by atoms with Crippen molar-refractivity contribution in [2.75, 3.05) is 6.54 Å². The quantitative estimate of drug-likeness (QED) is 0.452. The molecule has 0 aromatic heterocycles. The fourth-order valence-electron chi connectivity index (χ4n) is 2.09. The lowest BCUT2D eigenvalue weighted by Crippen LogP contribution is -2.55. The van der Waals surface area contributed by atoms with E-state index in [1.54, 1.807) is 0 Å². The lowest BCUT2D eigenvalue weighted by Gasteiger charge is -2.37. The molecule has 0 bridgehead atoms. The molecule has 0 amide bonds. The number of hydrogen-bond acceptors (Lipinski definition) is 6. The highest BCUT2D eigenvalue weighted by atomic mass is 32.2. The first-order chi connectivity index (χ1) is 8.67. The van der Waals surface area contributed by atoms with Gasteiger partial charge in [0.25, 0.3) is 0 Å². The number of fused-ring (bicyclic) bond motifs is 1. The van der Waals surface area contributed by atoms with E-state index in [2.05, 4.69) is 21.9 Å². The first-order valence-corrected chi connectivity index (χ1v) is 6.81. The van der Waals surface area contributed by atoms with Gasteiger partial charge in [-0.2, -0.15) is 0 Å². The lowest BCUT2D eigenvalue weighted by molar-refractivity contribution is -0.148. The van der Waals surface area contributed by atoms with Crippen molar-refractivity contribution in [3.63, 3.8) is 0 Å². The van der Waals surface area contributed by atoms with Crippen LogP contribution in [0.1, 0.15) is 19.8 Å². The van der Waals surface area contributed by atoms with Crippen LogP contribution in [0, 0.1) is 0 Å². The second-order valence-electron chi connectivity index (χ2n) is 4.32. The fraction of sp³-hybridized carbons (Fsp3) is 0.900. The minimum atomic E-state index is -1.07. The zero-order valence-electron chi connectivity index (χ0n) is 10.0. The number of rotatable bonds is 4. The molecule has 1 unspecified atom stereocenters. The molecule has 0 radical (unpaired) electrons. The first kappa shape index (κ1) is 13.6. The average Bonchev–Trinajstić information content (AvgIpc) is 2.75. The van der Waals surface area contributed by atoms with Gasteiger partial charge in [-0.1, -0.05) is 30.2 Å². The van der Waals surface area contributed by atoms with E-state index in [0.29, 0.717) is 0 Å². The minimum Gasteiger partial charge on any atom is -0.388 e. The van der Waals surface area contributed by atoms with Crippen molar-refractivity contribution in [1.29, 1.82) is 0 Å². The third-order valence-corrected chi connectivity index (χ3v) is 4.21. The van der Waals surface area contributed by atoms with Crippen LogP contribution in [-0.4, -0.2) is 51.6 Å². The Morgan fingerprint density at radius 1 is 1.50 bits per heavy atom. The van der Waals surface area contributed by atoms with Crippen molar-refractivity contribution >= 4 is 16.8 Å². The Hall–Kier alpha value is -0.790. The van der Waals surface area contributed by atoms with E-state index in [9.17, 15) is 10.2 Å². The molecule has 2 aliphatic heterocycles.